The van der Waals surface area contributed by atoms with Gasteiger partial charge in [0.05, 0.1) is 0 Å². The van der Waals surface area contributed by atoms with Crippen LogP contribution in [0.5, 0.6) is 0 Å². The standard InChI is InChI=1S/C11H16ClN/c1-8(12)7-11(9(2)13-3)10-5-4-6-10/h7,10H,1,4-6H2,2-3H3/b11-7+,13-9-. The lowest BCUT2D eigenvalue weighted by molar-refractivity contribution is 0.377. The van der Waals surface area contributed by atoms with Crippen molar-refractivity contribution in [3.05, 3.63) is 23.3 Å². The molecule has 13 heavy (non-hydrogen) atoms. The predicted octanol–water partition coefficient (Wildman–Crippen LogP) is 3.56. The van der Waals surface area contributed by atoms with E-state index in [2.05, 4.69) is 11.6 Å². The molecule has 1 aliphatic carbocycles. The van der Waals surface area contributed by atoms with Crippen LogP contribution in [-0.4, -0.2) is 12.8 Å². The van der Waals surface area contributed by atoms with Gasteiger partial charge in [-0.3, -0.25) is 4.99 Å². The summed E-state index contributed by atoms with van der Waals surface area (Å²) in [5.74, 6) is 0.666. The Hall–Kier alpha value is -0.560. The van der Waals surface area contributed by atoms with Crippen molar-refractivity contribution < 1.29 is 0 Å². The molecule has 1 saturated carbocycles. The first-order chi connectivity index (χ1) is 6.15. The maximum absolute atomic E-state index is 5.77. The number of hydrogen-bond acceptors (Lipinski definition) is 1. The van der Waals surface area contributed by atoms with Crippen molar-refractivity contribution in [1.29, 1.82) is 0 Å². The quantitative estimate of drug-likeness (QED) is 0.485. The first kappa shape index (κ1) is 10.5. The Bertz CT molecular complexity index is 259. The lowest BCUT2D eigenvalue weighted by Gasteiger charge is -2.28. The first-order valence-corrected chi connectivity index (χ1v) is 5.02. The Balaban J connectivity index is 2.81. The molecule has 0 aromatic rings. The molecule has 0 saturated heterocycles. The fourth-order valence-corrected chi connectivity index (χ4v) is 1.65. The lowest BCUT2D eigenvalue weighted by atomic mass is 9.78. The van der Waals surface area contributed by atoms with E-state index in [1.807, 2.05) is 20.0 Å². The smallest absolute Gasteiger partial charge is 0.0349 e. The van der Waals surface area contributed by atoms with Crippen molar-refractivity contribution in [3.8, 4) is 0 Å². The summed E-state index contributed by atoms with van der Waals surface area (Å²) in [5, 5.41) is 0.602. The summed E-state index contributed by atoms with van der Waals surface area (Å²) in [6, 6.07) is 0. The Labute approximate surface area is 85.2 Å². The number of aliphatic imine (C=N–C) groups is 1. The van der Waals surface area contributed by atoms with Crippen LogP contribution in [0.25, 0.3) is 0 Å². The molecule has 0 aromatic carbocycles. The molecule has 0 aliphatic heterocycles. The minimum Gasteiger partial charge on any atom is -0.293 e. The third kappa shape index (κ3) is 2.70. The van der Waals surface area contributed by atoms with E-state index in [0.29, 0.717) is 11.0 Å². The molecule has 1 fully saturated rings. The molecule has 0 aromatic heterocycles. The van der Waals surface area contributed by atoms with E-state index in [0.717, 1.165) is 5.71 Å². The highest BCUT2D eigenvalue weighted by atomic mass is 35.5. The first-order valence-electron chi connectivity index (χ1n) is 4.65. The molecule has 1 nitrogen and oxygen atoms in total. The van der Waals surface area contributed by atoms with Crippen molar-refractivity contribution in [2.45, 2.75) is 26.2 Å². The molecule has 0 heterocycles. The average molecular weight is 198 g/mol. The number of rotatable bonds is 3. The molecule has 72 valence electrons. The molecule has 0 N–H and O–H groups in total. The zero-order valence-electron chi connectivity index (χ0n) is 8.31. The number of halogens is 1. The second-order valence-electron chi connectivity index (χ2n) is 3.48. The molecule has 2 heteroatoms. The van der Waals surface area contributed by atoms with Gasteiger partial charge >= 0.3 is 0 Å². The van der Waals surface area contributed by atoms with Gasteiger partial charge in [0.2, 0.25) is 0 Å². The summed E-state index contributed by atoms with van der Waals surface area (Å²) >= 11 is 5.77. The van der Waals surface area contributed by atoms with E-state index in [1.165, 1.54) is 24.8 Å². The number of nitrogens with zero attached hydrogens (tertiary/aromatic N) is 1. The molecule has 1 rings (SSSR count). The molecule has 0 spiro atoms. The zero-order valence-corrected chi connectivity index (χ0v) is 9.06. The second-order valence-corrected chi connectivity index (χ2v) is 3.97. The number of allylic oxidation sites excluding steroid dienone is 3. The van der Waals surface area contributed by atoms with E-state index < -0.39 is 0 Å². The van der Waals surface area contributed by atoms with Gasteiger partial charge in [-0.1, -0.05) is 24.6 Å². The Kier molecular flexibility index (Phi) is 3.73. The molecular weight excluding hydrogens is 182 g/mol. The van der Waals surface area contributed by atoms with Crippen LogP contribution in [0.3, 0.4) is 0 Å². The van der Waals surface area contributed by atoms with Crippen LogP contribution in [-0.2, 0) is 0 Å². The van der Waals surface area contributed by atoms with Crippen LogP contribution >= 0.6 is 11.6 Å². The predicted molar refractivity (Wildman–Crippen MR) is 59.5 cm³/mol. The summed E-state index contributed by atoms with van der Waals surface area (Å²) in [6.45, 7) is 5.72. The summed E-state index contributed by atoms with van der Waals surface area (Å²) in [4.78, 5) is 4.19. The summed E-state index contributed by atoms with van der Waals surface area (Å²) < 4.78 is 0. The van der Waals surface area contributed by atoms with Gasteiger partial charge in [0.15, 0.2) is 0 Å². The second kappa shape index (κ2) is 4.61. The molecule has 0 unspecified atom stereocenters. The van der Waals surface area contributed by atoms with Gasteiger partial charge in [0, 0.05) is 17.8 Å². The van der Waals surface area contributed by atoms with Gasteiger partial charge in [-0.2, -0.15) is 0 Å². The normalized spacial score (nSPS) is 19.9. The van der Waals surface area contributed by atoms with E-state index >= 15 is 0 Å². The minimum absolute atomic E-state index is 0.602. The van der Waals surface area contributed by atoms with E-state index in [-0.39, 0.29) is 0 Å². The van der Waals surface area contributed by atoms with Gasteiger partial charge < -0.3 is 0 Å². The third-order valence-electron chi connectivity index (χ3n) is 2.61. The van der Waals surface area contributed by atoms with Crippen molar-refractivity contribution >= 4 is 17.3 Å². The third-order valence-corrected chi connectivity index (χ3v) is 2.72. The van der Waals surface area contributed by atoms with Gasteiger partial charge in [-0.25, -0.2) is 0 Å². The highest BCUT2D eigenvalue weighted by molar-refractivity contribution is 6.31. The maximum Gasteiger partial charge on any atom is 0.0349 e. The summed E-state index contributed by atoms with van der Waals surface area (Å²) in [5.41, 5.74) is 2.36. The van der Waals surface area contributed by atoms with Crippen molar-refractivity contribution in [3.63, 3.8) is 0 Å². The largest absolute Gasteiger partial charge is 0.293 e. The molecular formula is C11H16ClN. The number of hydrogen-bond donors (Lipinski definition) is 0. The Morgan fingerprint density at radius 2 is 2.15 bits per heavy atom. The fourth-order valence-electron chi connectivity index (χ4n) is 1.53. The Morgan fingerprint density at radius 1 is 1.54 bits per heavy atom. The van der Waals surface area contributed by atoms with Crippen LogP contribution in [0.2, 0.25) is 0 Å². The molecule has 0 bridgehead atoms. The molecule has 1 aliphatic rings. The van der Waals surface area contributed by atoms with Crippen LogP contribution in [0.15, 0.2) is 28.3 Å². The molecule has 0 radical (unpaired) electrons. The Morgan fingerprint density at radius 3 is 2.46 bits per heavy atom. The summed E-state index contributed by atoms with van der Waals surface area (Å²) in [7, 11) is 1.82. The van der Waals surface area contributed by atoms with E-state index in [9.17, 15) is 0 Å². The molecule has 0 atom stereocenters. The maximum atomic E-state index is 5.77. The highest BCUT2D eigenvalue weighted by Gasteiger charge is 2.23. The summed E-state index contributed by atoms with van der Waals surface area (Å²) in [6.07, 6.45) is 5.81. The molecule has 0 amide bonds. The van der Waals surface area contributed by atoms with Crippen LogP contribution in [0.1, 0.15) is 26.2 Å². The van der Waals surface area contributed by atoms with Crippen LogP contribution in [0.4, 0.5) is 0 Å². The SMILES string of the molecule is C=C(Cl)/C=C(\C(C)=N/C)C1CCC1. The topological polar surface area (TPSA) is 12.4 Å². The zero-order chi connectivity index (χ0) is 9.84. The van der Waals surface area contributed by atoms with Gasteiger partial charge in [0.1, 0.15) is 0 Å². The van der Waals surface area contributed by atoms with Gasteiger partial charge in [-0.15, -0.1) is 0 Å². The highest BCUT2D eigenvalue weighted by Crippen LogP contribution is 2.34. The van der Waals surface area contributed by atoms with Crippen molar-refractivity contribution in [2.75, 3.05) is 7.05 Å². The fraction of sp³-hybridized carbons (Fsp3) is 0.545. The van der Waals surface area contributed by atoms with E-state index in [1.54, 1.807) is 0 Å². The van der Waals surface area contributed by atoms with Crippen molar-refractivity contribution in [1.82, 2.24) is 0 Å². The van der Waals surface area contributed by atoms with E-state index in [4.69, 9.17) is 11.6 Å². The minimum atomic E-state index is 0.602. The van der Waals surface area contributed by atoms with Crippen LogP contribution in [0, 0.1) is 5.92 Å². The van der Waals surface area contributed by atoms with Gasteiger partial charge in [0.25, 0.3) is 0 Å². The average Bonchev–Trinajstić information content (AvgIpc) is 1.98. The monoisotopic (exact) mass is 197 g/mol. The van der Waals surface area contributed by atoms with Gasteiger partial charge in [-0.05, 0) is 37.3 Å². The lowest BCUT2D eigenvalue weighted by Crippen LogP contribution is -2.18. The van der Waals surface area contributed by atoms with Crippen molar-refractivity contribution in [2.24, 2.45) is 10.9 Å². The van der Waals surface area contributed by atoms with Crippen LogP contribution < -0.4 is 0 Å².